The minimum atomic E-state index is 0.493. The van der Waals surface area contributed by atoms with Gasteiger partial charge in [-0.1, -0.05) is 20.8 Å². The van der Waals surface area contributed by atoms with E-state index in [4.69, 9.17) is 4.74 Å². The van der Waals surface area contributed by atoms with Gasteiger partial charge < -0.3 is 10.1 Å². The number of rotatable bonds is 3. The Balaban J connectivity index is 1.66. The second-order valence-electron chi connectivity index (χ2n) is 7.49. The number of hydrogen-bond donors (Lipinski definition) is 1. The Labute approximate surface area is 113 Å². The highest BCUT2D eigenvalue weighted by Gasteiger charge is 2.27. The van der Waals surface area contributed by atoms with Crippen LogP contribution in [0.25, 0.3) is 0 Å². The minimum absolute atomic E-state index is 0.493. The molecule has 1 N–H and O–H groups in total. The summed E-state index contributed by atoms with van der Waals surface area (Å²) in [5.41, 5.74) is 0.493. The molecule has 1 saturated carbocycles. The van der Waals surface area contributed by atoms with Crippen LogP contribution in [-0.2, 0) is 4.74 Å². The number of hydrogen-bond acceptors (Lipinski definition) is 2. The van der Waals surface area contributed by atoms with E-state index in [1.165, 1.54) is 44.9 Å². The van der Waals surface area contributed by atoms with Gasteiger partial charge in [0.2, 0.25) is 0 Å². The third-order valence-electron chi connectivity index (χ3n) is 4.37. The van der Waals surface area contributed by atoms with E-state index in [0.29, 0.717) is 17.6 Å². The maximum atomic E-state index is 6.27. The first-order valence-electron chi connectivity index (χ1n) is 7.89. The van der Waals surface area contributed by atoms with Crippen molar-refractivity contribution in [3.05, 3.63) is 0 Å². The molecule has 0 bridgehead atoms. The molecule has 1 heterocycles. The molecular weight excluding hydrogens is 222 g/mol. The Morgan fingerprint density at radius 3 is 2.00 bits per heavy atom. The molecule has 0 radical (unpaired) electrons. The van der Waals surface area contributed by atoms with Crippen LogP contribution in [0.2, 0.25) is 0 Å². The second-order valence-corrected chi connectivity index (χ2v) is 7.49. The van der Waals surface area contributed by atoms with Gasteiger partial charge in [-0.25, -0.2) is 0 Å². The predicted octanol–water partition coefficient (Wildman–Crippen LogP) is 3.75. The van der Waals surface area contributed by atoms with Crippen molar-refractivity contribution in [1.82, 2.24) is 5.32 Å². The minimum Gasteiger partial charge on any atom is -0.375 e. The maximum absolute atomic E-state index is 6.27. The first-order valence-corrected chi connectivity index (χ1v) is 7.89. The Kier molecular flexibility index (Phi) is 5.08. The topological polar surface area (TPSA) is 21.3 Å². The van der Waals surface area contributed by atoms with Crippen LogP contribution in [-0.4, -0.2) is 25.3 Å². The van der Waals surface area contributed by atoms with E-state index in [0.717, 1.165) is 19.0 Å². The largest absolute Gasteiger partial charge is 0.375 e. The van der Waals surface area contributed by atoms with Gasteiger partial charge in [0.1, 0.15) is 0 Å². The quantitative estimate of drug-likeness (QED) is 0.827. The van der Waals surface area contributed by atoms with Crippen molar-refractivity contribution in [2.45, 2.75) is 77.9 Å². The molecule has 2 rings (SSSR count). The van der Waals surface area contributed by atoms with E-state index in [-0.39, 0.29) is 0 Å². The molecular formula is C16H31NO. The molecule has 1 aliphatic heterocycles. The monoisotopic (exact) mass is 253 g/mol. The molecule has 1 saturated heterocycles. The van der Waals surface area contributed by atoms with E-state index >= 15 is 0 Å². The van der Waals surface area contributed by atoms with Crippen LogP contribution in [0.3, 0.4) is 0 Å². The summed E-state index contributed by atoms with van der Waals surface area (Å²) in [5.74, 6) is 0.942. The molecule has 2 fully saturated rings. The zero-order chi connectivity index (χ0) is 13.0. The lowest BCUT2D eigenvalue weighted by Crippen LogP contribution is -2.36. The van der Waals surface area contributed by atoms with Crippen molar-refractivity contribution in [3.63, 3.8) is 0 Å². The van der Waals surface area contributed by atoms with Crippen LogP contribution in [0.5, 0.6) is 0 Å². The van der Waals surface area contributed by atoms with E-state index in [1.807, 2.05) is 0 Å². The standard InChI is InChI=1S/C16H31NO/c1-16(2,3)12-13-4-6-14(7-5-13)18-15-8-10-17-11-9-15/h13-15,17H,4-12H2,1-3H3. The zero-order valence-electron chi connectivity index (χ0n) is 12.5. The van der Waals surface area contributed by atoms with Crippen LogP contribution < -0.4 is 5.32 Å². The summed E-state index contributed by atoms with van der Waals surface area (Å²) in [6, 6.07) is 0. The molecule has 106 valence electrons. The van der Waals surface area contributed by atoms with Crippen LogP contribution in [0.4, 0.5) is 0 Å². The molecule has 1 aliphatic carbocycles. The number of ether oxygens (including phenoxy) is 1. The first-order chi connectivity index (χ1) is 8.53. The summed E-state index contributed by atoms with van der Waals surface area (Å²) >= 11 is 0. The SMILES string of the molecule is CC(C)(C)CC1CCC(OC2CCNCC2)CC1. The summed E-state index contributed by atoms with van der Waals surface area (Å²) in [5, 5.41) is 3.40. The van der Waals surface area contributed by atoms with Gasteiger partial charge in [0.05, 0.1) is 12.2 Å². The van der Waals surface area contributed by atoms with Crippen molar-refractivity contribution in [2.75, 3.05) is 13.1 Å². The molecule has 2 heteroatoms. The smallest absolute Gasteiger partial charge is 0.0603 e. The van der Waals surface area contributed by atoms with Crippen molar-refractivity contribution in [3.8, 4) is 0 Å². The van der Waals surface area contributed by atoms with Gasteiger partial charge in [-0.15, -0.1) is 0 Å². The summed E-state index contributed by atoms with van der Waals surface area (Å²) in [6.45, 7) is 9.38. The summed E-state index contributed by atoms with van der Waals surface area (Å²) in [4.78, 5) is 0. The first kappa shape index (κ1) is 14.3. The lowest BCUT2D eigenvalue weighted by molar-refractivity contribution is -0.0499. The molecule has 0 aromatic heterocycles. The molecule has 0 aromatic carbocycles. The third kappa shape index (κ3) is 4.89. The Hall–Kier alpha value is -0.0800. The molecule has 0 amide bonds. The predicted molar refractivity (Wildman–Crippen MR) is 76.8 cm³/mol. The van der Waals surface area contributed by atoms with Gasteiger partial charge in [0.25, 0.3) is 0 Å². The van der Waals surface area contributed by atoms with E-state index in [9.17, 15) is 0 Å². The third-order valence-corrected chi connectivity index (χ3v) is 4.37. The van der Waals surface area contributed by atoms with Crippen LogP contribution in [0, 0.1) is 11.3 Å². The van der Waals surface area contributed by atoms with Crippen molar-refractivity contribution >= 4 is 0 Å². The molecule has 0 spiro atoms. The van der Waals surface area contributed by atoms with E-state index < -0.39 is 0 Å². The fourth-order valence-electron chi connectivity index (χ4n) is 3.54. The summed E-state index contributed by atoms with van der Waals surface area (Å²) in [6.07, 6.45) is 10.3. The number of piperidine rings is 1. The molecule has 2 aliphatic rings. The highest BCUT2D eigenvalue weighted by Crippen LogP contribution is 2.35. The highest BCUT2D eigenvalue weighted by atomic mass is 16.5. The van der Waals surface area contributed by atoms with Crippen LogP contribution >= 0.6 is 0 Å². The Morgan fingerprint density at radius 2 is 1.44 bits per heavy atom. The zero-order valence-corrected chi connectivity index (χ0v) is 12.5. The van der Waals surface area contributed by atoms with Crippen molar-refractivity contribution in [1.29, 1.82) is 0 Å². The average Bonchev–Trinajstić information content (AvgIpc) is 2.31. The van der Waals surface area contributed by atoms with Crippen molar-refractivity contribution < 1.29 is 4.74 Å². The molecule has 18 heavy (non-hydrogen) atoms. The Bertz CT molecular complexity index is 232. The van der Waals surface area contributed by atoms with Gasteiger partial charge in [-0.2, -0.15) is 0 Å². The molecule has 0 aromatic rings. The second kappa shape index (κ2) is 6.38. The maximum Gasteiger partial charge on any atom is 0.0603 e. The highest BCUT2D eigenvalue weighted by molar-refractivity contribution is 4.78. The number of nitrogens with one attached hydrogen (secondary N) is 1. The lowest BCUT2D eigenvalue weighted by Gasteiger charge is -2.35. The Morgan fingerprint density at radius 1 is 0.889 bits per heavy atom. The molecule has 2 nitrogen and oxygen atoms in total. The fraction of sp³-hybridized carbons (Fsp3) is 1.00. The lowest BCUT2D eigenvalue weighted by atomic mass is 9.77. The van der Waals surface area contributed by atoms with Gasteiger partial charge in [-0.3, -0.25) is 0 Å². The molecule has 0 unspecified atom stereocenters. The van der Waals surface area contributed by atoms with Crippen molar-refractivity contribution in [2.24, 2.45) is 11.3 Å². The van der Waals surface area contributed by atoms with E-state index in [1.54, 1.807) is 0 Å². The fourth-order valence-corrected chi connectivity index (χ4v) is 3.54. The average molecular weight is 253 g/mol. The van der Waals surface area contributed by atoms with Crippen LogP contribution in [0.15, 0.2) is 0 Å². The van der Waals surface area contributed by atoms with Gasteiger partial charge >= 0.3 is 0 Å². The molecule has 0 atom stereocenters. The summed E-state index contributed by atoms with van der Waals surface area (Å²) in [7, 11) is 0. The van der Waals surface area contributed by atoms with Crippen LogP contribution in [0.1, 0.15) is 65.7 Å². The van der Waals surface area contributed by atoms with Gasteiger partial charge in [0.15, 0.2) is 0 Å². The normalized spacial score (nSPS) is 31.5. The summed E-state index contributed by atoms with van der Waals surface area (Å²) < 4.78 is 6.27. The van der Waals surface area contributed by atoms with Gasteiger partial charge in [-0.05, 0) is 69.4 Å². The van der Waals surface area contributed by atoms with Gasteiger partial charge in [0, 0.05) is 0 Å². The van der Waals surface area contributed by atoms with E-state index in [2.05, 4.69) is 26.1 Å².